The van der Waals surface area contributed by atoms with Crippen molar-refractivity contribution in [2.24, 2.45) is 0 Å². The van der Waals surface area contributed by atoms with E-state index >= 15 is 0 Å². The van der Waals surface area contributed by atoms with Crippen LogP contribution in [0.1, 0.15) is 0 Å². The van der Waals surface area contributed by atoms with Gasteiger partial charge in [-0.15, -0.1) is 0 Å². The first-order valence-corrected chi connectivity index (χ1v) is 24.3. The number of fused-ring (bicyclic) bond motifs is 8. The third-order valence-corrected chi connectivity index (χ3v) is 14.4. The van der Waals surface area contributed by atoms with Crippen LogP contribution in [-0.4, -0.2) is 14.5 Å². The summed E-state index contributed by atoms with van der Waals surface area (Å²) < 4.78 is 2.36. The highest BCUT2D eigenvalue weighted by molar-refractivity contribution is 6.29. The van der Waals surface area contributed by atoms with Gasteiger partial charge in [0.15, 0.2) is 5.82 Å². The predicted molar refractivity (Wildman–Crippen MR) is 299 cm³/mol. The highest BCUT2D eigenvalue weighted by Crippen LogP contribution is 2.48. The summed E-state index contributed by atoms with van der Waals surface area (Å²) in [6.07, 6.45) is 0. The fraction of sp³-hybridized carbons (Fsp3) is 0. The Hall–Kier alpha value is -9.44. The van der Waals surface area contributed by atoms with Crippen LogP contribution in [0.4, 0.5) is 0 Å². The maximum absolute atomic E-state index is 5.23. The molecule has 0 saturated heterocycles. The number of nitrogens with zero attached hydrogens (tertiary/aromatic N) is 3. The quantitative estimate of drug-likeness (QED) is 0.118. The zero-order chi connectivity index (χ0) is 46.8. The van der Waals surface area contributed by atoms with E-state index in [1.54, 1.807) is 0 Å². The molecule has 0 spiro atoms. The molecule has 2 heterocycles. The van der Waals surface area contributed by atoms with Gasteiger partial charge >= 0.3 is 0 Å². The second-order valence-electron chi connectivity index (χ2n) is 18.4. The van der Waals surface area contributed by atoms with Crippen molar-refractivity contribution in [2.75, 3.05) is 0 Å². The Morgan fingerprint density at radius 1 is 0.268 bits per heavy atom. The highest BCUT2D eigenvalue weighted by atomic mass is 15.0. The summed E-state index contributed by atoms with van der Waals surface area (Å²) in [4.78, 5) is 10.5. The van der Waals surface area contributed by atoms with Crippen LogP contribution < -0.4 is 0 Å². The molecule has 0 aliphatic heterocycles. The Morgan fingerprint density at radius 3 is 1.46 bits per heavy atom. The van der Waals surface area contributed by atoms with E-state index in [0.717, 1.165) is 39.3 Å². The average molecular weight is 902 g/mol. The van der Waals surface area contributed by atoms with Crippen molar-refractivity contribution in [1.29, 1.82) is 0 Å². The van der Waals surface area contributed by atoms with Gasteiger partial charge in [0.2, 0.25) is 0 Å². The van der Waals surface area contributed by atoms with Gasteiger partial charge in [-0.1, -0.05) is 231 Å². The van der Waals surface area contributed by atoms with Crippen LogP contribution in [0.2, 0.25) is 0 Å². The number of aromatic nitrogens is 3. The molecule has 0 amide bonds. The van der Waals surface area contributed by atoms with Gasteiger partial charge in [-0.3, -0.25) is 0 Å². The summed E-state index contributed by atoms with van der Waals surface area (Å²) >= 11 is 0. The molecule has 0 fully saturated rings. The van der Waals surface area contributed by atoms with E-state index in [9.17, 15) is 0 Å². The molecule has 0 atom stereocenters. The minimum atomic E-state index is 0.691. The van der Waals surface area contributed by atoms with Gasteiger partial charge in [-0.05, 0) is 107 Å². The van der Waals surface area contributed by atoms with E-state index in [0.29, 0.717) is 5.82 Å². The van der Waals surface area contributed by atoms with E-state index in [1.807, 2.05) is 18.2 Å². The van der Waals surface area contributed by atoms with Crippen LogP contribution in [0.15, 0.2) is 261 Å². The van der Waals surface area contributed by atoms with Crippen LogP contribution in [0, 0.1) is 0 Å². The Labute approximate surface area is 411 Å². The van der Waals surface area contributed by atoms with Crippen molar-refractivity contribution in [3.63, 3.8) is 0 Å². The van der Waals surface area contributed by atoms with Crippen molar-refractivity contribution >= 4 is 64.9 Å². The number of rotatable bonds is 7. The molecular weight excluding hydrogens is 859 g/mol. The largest absolute Gasteiger partial charge is 0.309 e. The number of benzene rings is 12. The van der Waals surface area contributed by atoms with Gasteiger partial charge in [0, 0.05) is 33.2 Å². The molecule has 12 aromatic carbocycles. The number of hydrogen-bond donors (Lipinski definition) is 0. The average Bonchev–Trinajstić information content (AvgIpc) is 3.79. The van der Waals surface area contributed by atoms with Crippen LogP contribution in [0.25, 0.3) is 138 Å². The van der Waals surface area contributed by atoms with Crippen LogP contribution in [0.5, 0.6) is 0 Å². The van der Waals surface area contributed by atoms with Crippen LogP contribution in [-0.2, 0) is 0 Å². The molecule has 0 aliphatic carbocycles. The standard InChI is InChI=1S/C68H43N3/c1-3-19-47(20-4-1)65-57-30-11-12-31-58(57)66(60-39-38-44-18-7-8-25-52(44)67(60)65)59-41-40-51(53-26-9-10-27-54(53)59)45-34-36-46(37-35-45)61-43-62(70-68(69-61)48-21-5-2-6-22-48)49-23-17-24-50(42-49)71-63-32-15-13-28-55(63)56-29-14-16-33-64(56)71/h1-43H. The summed E-state index contributed by atoms with van der Waals surface area (Å²) in [5.74, 6) is 0.691. The monoisotopic (exact) mass is 901 g/mol. The smallest absolute Gasteiger partial charge is 0.160 e. The molecular formula is C68H43N3. The lowest BCUT2D eigenvalue weighted by atomic mass is 9.82. The molecule has 14 rings (SSSR count). The van der Waals surface area contributed by atoms with Gasteiger partial charge in [-0.2, -0.15) is 0 Å². The summed E-state index contributed by atoms with van der Waals surface area (Å²) in [6.45, 7) is 0. The highest BCUT2D eigenvalue weighted by Gasteiger charge is 2.21. The third kappa shape index (κ3) is 6.74. The lowest BCUT2D eigenvalue weighted by Gasteiger charge is -2.21. The fourth-order valence-corrected chi connectivity index (χ4v) is 11.2. The van der Waals surface area contributed by atoms with Crippen molar-refractivity contribution in [3.8, 4) is 73.0 Å². The lowest BCUT2D eigenvalue weighted by molar-refractivity contribution is 1.16. The van der Waals surface area contributed by atoms with E-state index in [4.69, 9.17) is 9.97 Å². The zero-order valence-electron chi connectivity index (χ0n) is 38.7. The van der Waals surface area contributed by atoms with Crippen LogP contribution >= 0.6 is 0 Å². The van der Waals surface area contributed by atoms with E-state index < -0.39 is 0 Å². The molecule has 3 heteroatoms. The van der Waals surface area contributed by atoms with Gasteiger partial charge in [0.1, 0.15) is 0 Å². The lowest BCUT2D eigenvalue weighted by Crippen LogP contribution is -1.98. The third-order valence-electron chi connectivity index (χ3n) is 14.4. The molecule has 0 unspecified atom stereocenters. The second kappa shape index (κ2) is 16.7. The summed E-state index contributed by atoms with van der Waals surface area (Å²) in [5, 5.41) is 12.4. The van der Waals surface area contributed by atoms with Crippen molar-refractivity contribution in [3.05, 3.63) is 261 Å². The molecule has 3 nitrogen and oxygen atoms in total. The molecule has 0 saturated carbocycles. The van der Waals surface area contributed by atoms with Crippen molar-refractivity contribution < 1.29 is 0 Å². The fourth-order valence-electron chi connectivity index (χ4n) is 11.2. The summed E-state index contributed by atoms with van der Waals surface area (Å²) in [7, 11) is 0. The molecule has 0 N–H and O–H groups in total. The molecule has 0 aliphatic rings. The van der Waals surface area contributed by atoms with Gasteiger partial charge in [0.05, 0.1) is 22.4 Å². The maximum Gasteiger partial charge on any atom is 0.160 e. The molecule has 14 aromatic rings. The van der Waals surface area contributed by atoms with Gasteiger partial charge < -0.3 is 4.57 Å². The van der Waals surface area contributed by atoms with Gasteiger partial charge in [-0.25, -0.2) is 9.97 Å². The molecule has 2 aromatic heterocycles. The van der Waals surface area contributed by atoms with Crippen LogP contribution in [0.3, 0.4) is 0 Å². The molecule has 0 radical (unpaired) electrons. The Kier molecular flexibility index (Phi) is 9.53. The Morgan fingerprint density at radius 2 is 0.775 bits per heavy atom. The van der Waals surface area contributed by atoms with Crippen molar-refractivity contribution in [2.45, 2.75) is 0 Å². The summed E-state index contributed by atoms with van der Waals surface area (Å²) in [5.41, 5.74) is 15.5. The molecule has 71 heavy (non-hydrogen) atoms. The zero-order valence-corrected chi connectivity index (χ0v) is 38.7. The van der Waals surface area contributed by atoms with E-state index in [1.165, 1.54) is 92.7 Å². The minimum Gasteiger partial charge on any atom is -0.309 e. The summed E-state index contributed by atoms with van der Waals surface area (Å²) in [6, 6.07) is 94.2. The molecule has 330 valence electrons. The first-order valence-electron chi connectivity index (χ1n) is 24.3. The topological polar surface area (TPSA) is 30.7 Å². The van der Waals surface area contributed by atoms with E-state index in [2.05, 4.69) is 247 Å². The Bertz CT molecular complexity index is 4330. The van der Waals surface area contributed by atoms with E-state index in [-0.39, 0.29) is 0 Å². The first kappa shape index (κ1) is 40.6. The maximum atomic E-state index is 5.23. The van der Waals surface area contributed by atoms with Crippen molar-refractivity contribution in [1.82, 2.24) is 14.5 Å². The molecule has 0 bridgehead atoms. The first-order chi connectivity index (χ1) is 35.2. The second-order valence-corrected chi connectivity index (χ2v) is 18.4. The Balaban J connectivity index is 0.895. The number of hydrogen-bond acceptors (Lipinski definition) is 2. The number of para-hydroxylation sites is 2. The predicted octanol–water partition coefficient (Wildman–Crippen LogP) is 18.2. The SMILES string of the molecule is c1ccc(-c2nc(-c3ccc(-c4ccc(-c5c6ccccc6c(-c6ccccc6)c6c5ccc5ccccc56)c5ccccc45)cc3)cc(-c3cccc(-n4c5ccccc5c5ccccc54)c3)n2)cc1. The minimum absolute atomic E-state index is 0.691. The van der Waals surface area contributed by atoms with Gasteiger partial charge in [0.25, 0.3) is 0 Å². The normalized spacial score (nSPS) is 11.7.